The molecule has 0 radical (unpaired) electrons. The average Bonchev–Trinajstić information content (AvgIpc) is 2.30. The molecule has 0 saturated carbocycles. The van der Waals surface area contributed by atoms with Gasteiger partial charge in [-0.05, 0) is 50.5 Å². The van der Waals surface area contributed by atoms with Gasteiger partial charge in [0.15, 0.2) is 0 Å². The molecule has 0 aliphatic rings. The molecule has 0 unspecified atom stereocenters. The number of aryl methyl sites for hydroxylation is 2. The molecule has 0 fully saturated rings. The van der Waals surface area contributed by atoms with Crippen molar-refractivity contribution in [3.8, 4) is 16.9 Å². The molecule has 0 aliphatic carbocycles. The smallest absolute Gasteiger partial charge is 0.127 e. The van der Waals surface area contributed by atoms with Crippen molar-refractivity contribution < 1.29 is 4.74 Å². The van der Waals surface area contributed by atoms with Crippen LogP contribution in [0.2, 0.25) is 0 Å². The summed E-state index contributed by atoms with van der Waals surface area (Å²) >= 11 is 0. The average molecular weight is 240 g/mol. The fourth-order valence-electron chi connectivity index (χ4n) is 2.19. The molecule has 2 aromatic carbocycles. The van der Waals surface area contributed by atoms with Crippen molar-refractivity contribution in [3.05, 3.63) is 53.6 Å². The Balaban J connectivity index is 2.59. The molecule has 18 heavy (non-hydrogen) atoms. The van der Waals surface area contributed by atoms with Crippen LogP contribution in [0.25, 0.3) is 11.1 Å². The zero-order valence-electron chi connectivity index (χ0n) is 11.5. The first-order chi connectivity index (χ1) is 8.59. The van der Waals surface area contributed by atoms with E-state index >= 15 is 0 Å². The molecule has 94 valence electrons. The Morgan fingerprint density at radius 2 is 1.50 bits per heavy atom. The Morgan fingerprint density at radius 1 is 0.833 bits per heavy atom. The third-order valence-corrected chi connectivity index (χ3v) is 3.01. The van der Waals surface area contributed by atoms with E-state index in [9.17, 15) is 0 Å². The fourth-order valence-corrected chi connectivity index (χ4v) is 2.19. The lowest BCUT2D eigenvalue weighted by atomic mass is 9.96. The van der Waals surface area contributed by atoms with Crippen LogP contribution in [0.3, 0.4) is 0 Å². The van der Waals surface area contributed by atoms with Crippen molar-refractivity contribution in [2.45, 2.75) is 33.8 Å². The molecule has 0 bridgehead atoms. The van der Waals surface area contributed by atoms with Crippen LogP contribution in [0.1, 0.15) is 25.0 Å². The Kier molecular flexibility index (Phi) is 3.71. The van der Waals surface area contributed by atoms with Crippen LogP contribution in [0.5, 0.6) is 5.75 Å². The molecule has 1 nitrogen and oxygen atoms in total. The largest absolute Gasteiger partial charge is 0.490 e. The summed E-state index contributed by atoms with van der Waals surface area (Å²) in [6.07, 6.45) is 0.189. The quantitative estimate of drug-likeness (QED) is 0.751. The van der Waals surface area contributed by atoms with Crippen LogP contribution in [-0.2, 0) is 0 Å². The third-order valence-electron chi connectivity index (χ3n) is 3.01. The van der Waals surface area contributed by atoms with E-state index in [2.05, 4.69) is 70.2 Å². The first-order valence-corrected chi connectivity index (χ1v) is 6.42. The van der Waals surface area contributed by atoms with E-state index in [1.54, 1.807) is 0 Å². The number of benzene rings is 2. The van der Waals surface area contributed by atoms with Crippen LogP contribution in [0.4, 0.5) is 0 Å². The summed E-state index contributed by atoms with van der Waals surface area (Å²) in [4.78, 5) is 0. The van der Waals surface area contributed by atoms with Crippen molar-refractivity contribution in [1.82, 2.24) is 0 Å². The van der Waals surface area contributed by atoms with Crippen molar-refractivity contribution in [1.29, 1.82) is 0 Å². The molecule has 2 rings (SSSR count). The van der Waals surface area contributed by atoms with E-state index in [1.807, 2.05) is 0 Å². The molecule has 0 aromatic heterocycles. The van der Waals surface area contributed by atoms with Gasteiger partial charge >= 0.3 is 0 Å². The van der Waals surface area contributed by atoms with E-state index in [0.717, 1.165) is 5.75 Å². The second-order valence-electron chi connectivity index (χ2n) is 4.93. The van der Waals surface area contributed by atoms with Crippen LogP contribution < -0.4 is 4.74 Å². The summed E-state index contributed by atoms with van der Waals surface area (Å²) in [5.74, 6) is 0.972. The maximum atomic E-state index is 5.94. The summed E-state index contributed by atoms with van der Waals surface area (Å²) in [5, 5.41) is 0. The number of rotatable bonds is 3. The van der Waals surface area contributed by atoms with E-state index < -0.39 is 0 Å². The van der Waals surface area contributed by atoms with Gasteiger partial charge in [0.05, 0.1) is 6.10 Å². The standard InChI is InChI=1S/C17H20O/c1-12(2)18-16-11-7-9-14(4)17(16)15-10-6-5-8-13(15)3/h5-12H,1-4H3. The van der Waals surface area contributed by atoms with Crippen molar-refractivity contribution in [2.75, 3.05) is 0 Å². The van der Waals surface area contributed by atoms with Gasteiger partial charge in [0, 0.05) is 5.56 Å². The van der Waals surface area contributed by atoms with Crippen LogP contribution in [-0.4, -0.2) is 6.10 Å². The Bertz CT molecular complexity index is 541. The summed E-state index contributed by atoms with van der Waals surface area (Å²) < 4.78 is 5.94. The molecule has 0 atom stereocenters. The maximum absolute atomic E-state index is 5.94. The minimum atomic E-state index is 0.189. The predicted molar refractivity (Wildman–Crippen MR) is 77.1 cm³/mol. The van der Waals surface area contributed by atoms with Gasteiger partial charge in [0.25, 0.3) is 0 Å². The first-order valence-electron chi connectivity index (χ1n) is 6.42. The summed E-state index contributed by atoms with van der Waals surface area (Å²) in [5.41, 5.74) is 5.00. The van der Waals surface area contributed by atoms with E-state index in [1.165, 1.54) is 22.3 Å². The molecule has 0 saturated heterocycles. The second-order valence-corrected chi connectivity index (χ2v) is 4.93. The molecular weight excluding hydrogens is 220 g/mol. The SMILES string of the molecule is Cc1ccccc1-c1c(C)cccc1OC(C)C. The molecule has 0 aliphatic heterocycles. The highest BCUT2D eigenvalue weighted by Gasteiger charge is 2.12. The van der Waals surface area contributed by atoms with Crippen LogP contribution in [0, 0.1) is 13.8 Å². The van der Waals surface area contributed by atoms with Crippen LogP contribution in [0.15, 0.2) is 42.5 Å². The Labute approximate surface area is 109 Å². The topological polar surface area (TPSA) is 9.23 Å². The zero-order chi connectivity index (χ0) is 13.1. The first kappa shape index (κ1) is 12.7. The number of hydrogen-bond donors (Lipinski definition) is 0. The van der Waals surface area contributed by atoms with Crippen molar-refractivity contribution >= 4 is 0 Å². The zero-order valence-corrected chi connectivity index (χ0v) is 11.5. The van der Waals surface area contributed by atoms with E-state index in [4.69, 9.17) is 4.74 Å². The number of hydrogen-bond acceptors (Lipinski definition) is 1. The summed E-state index contributed by atoms with van der Waals surface area (Å²) in [7, 11) is 0. The highest BCUT2D eigenvalue weighted by molar-refractivity contribution is 5.76. The van der Waals surface area contributed by atoms with Gasteiger partial charge in [0.2, 0.25) is 0 Å². The monoisotopic (exact) mass is 240 g/mol. The Morgan fingerprint density at radius 3 is 2.17 bits per heavy atom. The minimum absolute atomic E-state index is 0.189. The van der Waals surface area contributed by atoms with Gasteiger partial charge < -0.3 is 4.74 Å². The molecule has 0 spiro atoms. The highest BCUT2D eigenvalue weighted by Crippen LogP contribution is 2.35. The molecule has 1 heteroatoms. The third kappa shape index (κ3) is 2.56. The van der Waals surface area contributed by atoms with E-state index in [0.29, 0.717) is 0 Å². The van der Waals surface area contributed by atoms with Crippen molar-refractivity contribution in [3.63, 3.8) is 0 Å². The molecule has 0 amide bonds. The van der Waals surface area contributed by atoms with Gasteiger partial charge in [-0.3, -0.25) is 0 Å². The van der Waals surface area contributed by atoms with Gasteiger partial charge in [-0.2, -0.15) is 0 Å². The van der Waals surface area contributed by atoms with Crippen molar-refractivity contribution in [2.24, 2.45) is 0 Å². The van der Waals surface area contributed by atoms with Crippen LogP contribution >= 0.6 is 0 Å². The van der Waals surface area contributed by atoms with Gasteiger partial charge in [-0.15, -0.1) is 0 Å². The lowest BCUT2D eigenvalue weighted by molar-refractivity contribution is 0.243. The molecular formula is C17H20O. The van der Waals surface area contributed by atoms with Gasteiger partial charge in [-0.1, -0.05) is 36.4 Å². The Hall–Kier alpha value is -1.76. The molecule has 0 heterocycles. The van der Waals surface area contributed by atoms with Gasteiger partial charge in [0.1, 0.15) is 5.75 Å². The molecule has 2 aromatic rings. The van der Waals surface area contributed by atoms with E-state index in [-0.39, 0.29) is 6.10 Å². The van der Waals surface area contributed by atoms with Gasteiger partial charge in [-0.25, -0.2) is 0 Å². The number of ether oxygens (including phenoxy) is 1. The maximum Gasteiger partial charge on any atom is 0.127 e. The second kappa shape index (κ2) is 5.26. The minimum Gasteiger partial charge on any atom is -0.490 e. The highest BCUT2D eigenvalue weighted by atomic mass is 16.5. The lowest BCUT2D eigenvalue weighted by Gasteiger charge is -2.17. The summed E-state index contributed by atoms with van der Waals surface area (Å²) in [6.45, 7) is 8.39. The predicted octanol–water partition coefficient (Wildman–Crippen LogP) is 4.76. The molecule has 0 N–H and O–H groups in total. The lowest BCUT2D eigenvalue weighted by Crippen LogP contribution is -2.07. The normalized spacial score (nSPS) is 10.7. The summed E-state index contributed by atoms with van der Waals surface area (Å²) in [6, 6.07) is 14.7. The fraction of sp³-hybridized carbons (Fsp3) is 0.294.